The van der Waals surface area contributed by atoms with Crippen molar-refractivity contribution in [3.8, 4) is 0 Å². The topological polar surface area (TPSA) is 7.76 Å². The van der Waals surface area contributed by atoms with E-state index < -0.39 is 0 Å². The molecule has 0 aliphatic rings. The maximum atomic E-state index is 2.38. The fourth-order valence-electron chi connectivity index (χ4n) is 7.29. The largest absolute Gasteiger partial charge is 0.205 e. The average Bonchev–Trinajstić information content (AvgIpc) is 3.17. The molecule has 0 fully saturated rings. The Labute approximate surface area is 333 Å². The Morgan fingerprint density at radius 2 is 0.538 bits per heavy atom. The fraction of sp³-hybridized carbons (Fsp3) is 0.792. The summed E-state index contributed by atoms with van der Waals surface area (Å²) in [6, 6.07) is 9.31. The summed E-state index contributed by atoms with van der Waals surface area (Å²) in [4.78, 5) is 2.86. The minimum Gasteiger partial charge on any atom is -0.205 e. The van der Waals surface area contributed by atoms with E-state index in [1.165, 1.54) is 240 Å². The Hall–Kier alpha value is -1.00. The molecule has 298 valence electrons. The van der Waals surface area contributed by atoms with Gasteiger partial charge in [0, 0.05) is 46.9 Å². The maximum Gasteiger partial charge on any atom is 0.169 e. The second-order valence-corrected chi connectivity index (χ2v) is 18.2. The van der Waals surface area contributed by atoms with Crippen molar-refractivity contribution in [3.63, 3.8) is 0 Å². The third-order valence-corrected chi connectivity index (χ3v) is 13.0. The molecule has 0 N–H and O–H groups in total. The van der Waals surface area contributed by atoms with Crippen LogP contribution < -0.4 is 9.13 Å². The first kappa shape index (κ1) is 47.2. The fourth-order valence-corrected chi connectivity index (χ4v) is 9.09. The highest BCUT2D eigenvalue weighted by Gasteiger charge is 2.04. The number of hydrogen-bond donors (Lipinski definition) is 0. The van der Waals surface area contributed by atoms with Gasteiger partial charge in [0.2, 0.25) is 0 Å². The van der Waals surface area contributed by atoms with Crippen LogP contribution in [-0.4, -0.2) is 11.5 Å². The molecule has 2 nitrogen and oxygen atoms in total. The number of pyridine rings is 2. The van der Waals surface area contributed by atoms with Crippen molar-refractivity contribution in [2.45, 2.75) is 242 Å². The molecule has 0 aromatic carbocycles. The van der Waals surface area contributed by atoms with Gasteiger partial charge in [0.1, 0.15) is 13.1 Å². The summed E-state index contributed by atoms with van der Waals surface area (Å²) < 4.78 is 4.77. The SMILES string of the molecule is CCCCCCCCCCCCCCCC[n+]1ccc(SCCCCCCSc2cc[n+](CCCCCCCCCCCCCCCC)cc2)cc1. The first-order chi connectivity index (χ1) is 25.8. The molecular formula is C48H86N2S2+2. The van der Waals surface area contributed by atoms with E-state index in [-0.39, 0.29) is 0 Å². The third-order valence-electron chi connectivity index (χ3n) is 10.8. The third kappa shape index (κ3) is 29.4. The number of thioether (sulfide) groups is 2. The van der Waals surface area contributed by atoms with E-state index >= 15 is 0 Å². The van der Waals surface area contributed by atoms with E-state index in [1.807, 2.05) is 23.5 Å². The molecule has 2 aromatic rings. The Bertz CT molecular complexity index is 911. The molecule has 0 aliphatic heterocycles. The van der Waals surface area contributed by atoms with Crippen LogP contribution >= 0.6 is 23.5 Å². The summed E-state index contributed by atoms with van der Waals surface area (Å²) in [5.74, 6) is 2.49. The quantitative estimate of drug-likeness (QED) is 0.0381. The van der Waals surface area contributed by atoms with Crippen LogP contribution in [0.5, 0.6) is 0 Å². The highest BCUT2D eigenvalue weighted by atomic mass is 32.2. The Balaban J connectivity index is 1.33. The van der Waals surface area contributed by atoms with Gasteiger partial charge in [-0.2, -0.15) is 0 Å². The first-order valence-corrected chi connectivity index (χ1v) is 25.0. The monoisotopic (exact) mass is 755 g/mol. The van der Waals surface area contributed by atoms with E-state index in [0.717, 1.165) is 0 Å². The molecule has 0 bridgehead atoms. The molecule has 52 heavy (non-hydrogen) atoms. The van der Waals surface area contributed by atoms with Crippen molar-refractivity contribution in [2.24, 2.45) is 0 Å². The second-order valence-electron chi connectivity index (χ2n) is 15.8. The number of rotatable bonds is 39. The lowest BCUT2D eigenvalue weighted by molar-refractivity contribution is -0.697. The van der Waals surface area contributed by atoms with Crippen molar-refractivity contribution in [1.29, 1.82) is 0 Å². The minimum atomic E-state index is 1.17. The highest BCUT2D eigenvalue weighted by Crippen LogP contribution is 2.21. The number of unbranched alkanes of at least 4 members (excludes halogenated alkanes) is 29. The smallest absolute Gasteiger partial charge is 0.169 e. The van der Waals surface area contributed by atoms with Gasteiger partial charge in [-0.3, -0.25) is 0 Å². The van der Waals surface area contributed by atoms with Crippen LogP contribution in [0, 0.1) is 0 Å². The minimum absolute atomic E-state index is 1.17. The molecule has 4 heteroatoms. The summed E-state index contributed by atoms with van der Waals surface area (Å²) in [7, 11) is 0. The average molecular weight is 755 g/mol. The molecule has 0 aliphatic carbocycles. The summed E-state index contributed by atoms with van der Waals surface area (Å²) in [5.41, 5.74) is 0. The molecule has 2 heterocycles. The van der Waals surface area contributed by atoms with Crippen LogP contribution in [0.25, 0.3) is 0 Å². The van der Waals surface area contributed by atoms with Crippen LogP contribution in [0.3, 0.4) is 0 Å². The number of nitrogens with zero attached hydrogens (tertiary/aromatic N) is 2. The lowest BCUT2D eigenvalue weighted by atomic mass is 10.0. The van der Waals surface area contributed by atoms with Gasteiger partial charge in [-0.05, 0) is 37.2 Å². The molecule has 0 amide bonds. The van der Waals surface area contributed by atoms with E-state index in [1.54, 1.807) is 0 Å². The zero-order valence-electron chi connectivity index (χ0n) is 34.8. The molecular weight excluding hydrogens is 669 g/mol. The predicted octanol–water partition coefficient (Wildman–Crippen LogP) is 15.7. The van der Waals surface area contributed by atoms with Gasteiger partial charge < -0.3 is 0 Å². The van der Waals surface area contributed by atoms with Crippen LogP contribution in [0.4, 0.5) is 0 Å². The van der Waals surface area contributed by atoms with Crippen molar-refractivity contribution in [1.82, 2.24) is 0 Å². The van der Waals surface area contributed by atoms with Gasteiger partial charge in [-0.15, -0.1) is 23.5 Å². The lowest BCUT2D eigenvalue weighted by Gasteiger charge is -2.04. The van der Waals surface area contributed by atoms with Crippen molar-refractivity contribution >= 4 is 23.5 Å². The molecule has 2 aromatic heterocycles. The van der Waals surface area contributed by atoms with Crippen molar-refractivity contribution in [3.05, 3.63) is 49.1 Å². The van der Waals surface area contributed by atoms with Crippen molar-refractivity contribution < 1.29 is 9.13 Å². The van der Waals surface area contributed by atoms with Gasteiger partial charge >= 0.3 is 0 Å². The standard InChI is InChI=1S/C48H86N2S2/c1-3-5-7-9-11-13-15-17-19-21-23-25-27-31-39-49-41-35-47(36-42-49)51-45-33-29-30-34-46-52-48-37-43-50(44-38-48)40-32-28-26-24-22-20-18-16-14-12-10-8-6-4-2/h35-38,41-44H,3-34,39-40,45-46H2,1-2H3/q+2. The molecule has 0 spiro atoms. The normalized spacial score (nSPS) is 11.5. The number of hydrogen-bond acceptors (Lipinski definition) is 2. The number of aromatic nitrogens is 2. The molecule has 0 unspecified atom stereocenters. The Morgan fingerprint density at radius 1 is 0.308 bits per heavy atom. The first-order valence-electron chi connectivity index (χ1n) is 23.1. The van der Waals surface area contributed by atoms with Crippen LogP contribution in [0.2, 0.25) is 0 Å². The van der Waals surface area contributed by atoms with Crippen LogP contribution in [0.1, 0.15) is 219 Å². The second kappa shape index (κ2) is 36.9. The zero-order valence-corrected chi connectivity index (χ0v) is 36.4. The van der Waals surface area contributed by atoms with Gasteiger partial charge in [-0.25, -0.2) is 9.13 Å². The predicted molar refractivity (Wildman–Crippen MR) is 234 cm³/mol. The van der Waals surface area contributed by atoms with Gasteiger partial charge in [0.25, 0.3) is 0 Å². The van der Waals surface area contributed by atoms with Gasteiger partial charge in [0.15, 0.2) is 24.8 Å². The summed E-state index contributed by atoms with van der Waals surface area (Å²) in [6.45, 7) is 6.95. The number of aryl methyl sites for hydroxylation is 2. The zero-order chi connectivity index (χ0) is 36.8. The lowest BCUT2D eigenvalue weighted by Crippen LogP contribution is -2.32. The highest BCUT2D eigenvalue weighted by molar-refractivity contribution is 7.99. The molecule has 0 saturated carbocycles. The summed E-state index contributed by atoms with van der Waals surface area (Å²) in [6.07, 6.45) is 54.6. The van der Waals surface area contributed by atoms with Gasteiger partial charge in [-0.1, -0.05) is 181 Å². The molecule has 0 atom stereocenters. The summed E-state index contributed by atoms with van der Waals surface area (Å²) in [5, 5.41) is 0. The van der Waals surface area contributed by atoms with Crippen LogP contribution in [0.15, 0.2) is 58.8 Å². The van der Waals surface area contributed by atoms with Crippen molar-refractivity contribution in [2.75, 3.05) is 11.5 Å². The molecule has 0 radical (unpaired) electrons. The van der Waals surface area contributed by atoms with Gasteiger partial charge in [0.05, 0.1) is 0 Å². The van der Waals surface area contributed by atoms with Crippen LogP contribution in [-0.2, 0) is 13.1 Å². The Morgan fingerprint density at radius 3 is 0.808 bits per heavy atom. The molecule has 2 rings (SSSR count). The van der Waals surface area contributed by atoms with E-state index in [4.69, 9.17) is 0 Å². The summed E-state index contributed by atoms with van der Waals surface area (Å²) >= 11 is 4.07. The Kier molecular flexibility index (Phi) is 33.5. The van der Waals surface area contributed by atoms with E-state index in [2.05, 4.69) is 72.0 Å². The van der Waals surface area contributed by atoms with E-state index in [9.17, 15) is 0 Å². The maximum absolute atomic E-state index is 2.38. The molecule has 0 saturated heterocycles. The van der Waals surface area contributed by atoms with E-state index in [0.29, 0.717) is 0 Å².